The number of nitrogen functional groups attached to an aromatic ring is 1. The number of aryl methyl sites for hydroxylation is 1. The molecule has 0 radical (unpaired) electrons. The number of carbonyl (C=O) groups excluding carboxylic acids is 2. The molecule has 1 aliphatic carbocycles. The molecule has 2 amide bonds. The van der Waals surface area contributed by atoms with Crippen molar-refractivity contribution in [3.8, 4) is 0 Å². The maximum atomic E-state index is 13.4. The Kier molecular flexibility index (Phi) is 10.9. The molecule has 2 heterocycles. The Bertz CT molecular complexity index is 1460. The van der Waals surface area contributed by atoms with Crippen molar-refractivity contribution >= 4 is 40.6 Å². The lowest BCUT2D eigenvalue weighted by molar-refractivity contribution is 0.0186. The number of amides is 2. The molecule has 2 N–H and O–H groups in total. The number of rotatable bonds is 10. The van der Waals surface area contributed by atoms with Crippen molar-refractivity contribution in [2.24, 2.45) is 5.92 Å². The molecule has 0 spiro atoms. The second-order valence-corrected chi connectivity index (χ2v) is 14.4. The van der Waals surface area contributed by atoms with Gasteiger partial charge in [-0.15, -0.1) is 0 Å². The summed E-state index contributed by atoms with van der Waals surface area (Å²) in [6, 6.07) is 10.3. The van der Waals surface area contributed by atoms with E-state index in [4.69, 9.17) is 26.8 Å². The molecule has 0 bridgehead atoms. The van der Waals surface area contributed by atoms with E-state index < -0.39 is 11.2 Å². The van der Waals surface area contributed by atoms with Gasteiger partial charge in [0.1, 0.15) is 22.7 Å². The number of anilines is 1. The van der Waals surface area contributed by atoms with Crippen molar-refractivity contribution in [1.29, 1.82) is 0 Å². The molecule has 1 aliphatic rings. The number of carbonyl (C=O) groups is 2. The average Bonchev–Trinajstić information content (AvgIpc) is 3.52. The second-order valence-electron chi connectivity index (χ2n) is 14.1. The van der Waals surface area contributed by atoms with E-state index in [1.807, 2.05) is 66.7 Å². The third-order valence-corrected chi connectivity index (χ3v) is 8.09. The number of hydrogen-bond acceptors (Lipinski definition) is 7. The molecular weight excluding hydrogens is 592 g/mol. The lowest BCUT2D eigenvalue weighted by Crippen LogP contribution is -2.42. The van der Waals surface area contributed by atoms with Crippen LogP contribution in [0.4, 0.5) is 15.4 Å². The highest BCUT2D eigenvalue weighted by Gasteiger charge is 2.32. The fourth-order valence-corrected chi connectivity index (χ4v) is 6.13. The third-order valence-electron chi connectivity index (χ3n) is 7.92. The number of halogens is 1. The van der Waals surface area contributed by atoms with Gasteiger partial charge in [-0.05, 0) is 109 Å². The molecular formula is C34H49ClN6O4. The van der Waals surface area contributed by atoms with E-state index in [0.29, 0.717) is 44.8 Å². The number of aromatic nitrogens is 3. The normalized spacial score (nSPS) is 17.0. The monoisotopic (exact) mass is 640 g/mol. The number of nitrogens with two attached hydrogens (primary N) is 1. The summed E-state index contributed by atoms with van der Waals surface area (Å²) < 4.78 is 13.7. The van der Waals surface area contributed by atoms with E-state index in [-0.39, 0.29) is 29.4 Å². The Morgan fingerprint density at radius 3 is 2.22 bits per heavy atom. The average molecular weight is 641 g/mol. The van der Waals surface area contributed by atoms with Crippen LogP contribution in [-0.2, 0) is 15.9 Å². The van der Waals surface area contributed by atoms with Crippen molar-refractivity contribution < 1.29 is 19.1 Å². The van der Waals surface area contributed by atoms with Gasteiger partial charge in [-0.2, -0.15) is 4.98 Å². The fourth-order valence-electron chi connectivity index (χ4n) is 5.96. The van der Waals surface area contributed by atoms with E-state index in [9.17, 15) is 9.59 Å². The highest BCUT2D eigenvalue weighted by atomic mass is 35.5. The molecule has 45 heavy (non-hydrogen) atoms. The quantitative estimate of drug-likeness (QED) is 0.229. The zero-order chi connectivity index (χ0) is 32.9. The molecule has 0 aliphatic heterocycles. The van der Waals surface area contributed by atoms with Crippen LogP contribution < -0.4 is 5.73 Å². The molecule has 2 aromatic heterocycles. The van der Waals surface area contributed by atoms with E-state index in [0.717, 1.165) is 41.4 Å². The minimum atomic E-state index is -0.619. The third kappa shape index (κ3) is 9.73. The number of benzene rings is 1. The van der Waals surface area contributed by atoms with Crippen LogP contribution in [0.15, 0.2) is 36.5 Å². The van der Waals surface area contributed by atoms with Crippen LogP contribution in [0, 0.1) is 12.8 Å². The Balaban J connectivity index is 1.44. The minimum absolute atomic E-state index is 0.134. The summed E-state index contributed by atoms with van der Waals surface area (Å²) in [6.45, 7) is 15.3. The standard InChI is InChI=1S/C34H49ClN6O4/c1-23-21-41(29-27(23)28(36)37-30(35)38-29)26-15-14-25(20-26)22-40(32(43)45-34(5,6)7)18-11-17-39(31(42)44-33(2,3)4)19-16-24-12-9-8-10-13-24/h8-10,12-13,21,25-26H,11,14-20,22H2,1-7H3,(H2,36,37,38)/t25-,26+/m1/s1. The Hall–Kier alpha value is -3.53. The van der Waals surface area contributed by atoms with Gasteiger partial charge in [-0.25, -0.2) is 14.6 Å². The molecule has 2 atom stereocenters. The zero-order valence-corrected chi connectivity index (χ0v) is 28.6. The first-order valence-electron chi connectivity index (χ1n) is 15.9. The van der Waals surface area contributed by atoms with Crippen LogP contribution in [0.2, 0.25) is 5.28 Å². The molecule has 10 nitrogen and oxygen atoms in total. The van der Waals surface area contributed by atoms with Crippen molar-refractivity contribution in [1.82, 2.24) is 24.3 Å². The largest absolute Gasteiger partial charge is 0.444 e. The summed E-state index contributed by atoms with van der Waals surface area (Å²) in [7, 11) is 0. The number of nitrogens with zero attached hydrogens (tertiary/aromatic N) is 5. The highest BCUT2D eigenvalue weighted by Crippen LogP contribution is 2.39. The van der Waals surface area contributed by atoms with E-state index in [1.165, 1.54) is 0 Å². The van der Waals surface area contributed by atoms with Crippen molar-refractivity contribution in [2.75, 3.05) is 31.9 Å². The van der Waals surface area contributed by atoms with Gasteiger partial charge in [0, 0.05) is 38.4 Å². The van der Waals surface area contributed by atoms with Gasteiger partial charge in [0.25, 0.3) is 0 Å². The van der Waals surface area contributed by atoms with Gasteiger partial charge in [0.2, 0.25) is 5.28 Å². The molecule has 1 saturated carbocycles. The second kappa shape index (κ2) is 14.3. The number of ether oxygens (including phenoxy) is 2. The van der Waals surface area contributed by atoms with Crippen molar-refractivity contribution in [3.05, 3.63) is 52.9 Å². The first-order chi connectivity index (χ1) is 21.1. The molecule has 1 aromatic carbocycles. The number of fused-ring (bicyclic) bond motifs is 1. The molecule has 4 rings (SSSR count). The van der Waals surface area contributed by atoms with Crippen molar-refractivity contribution in [2.45, 2.75) is 97.8 Å². The summed E-state index contributed by atoms with van der Waals surface area (Å²) in [5.41, 5.74) is 7.87. The van der Waals surface area contributed by atoms with Crippen LogP contribution in [0.1, 0.15) is 84.4 Å². The van der Waals surface area contributed by atoms with E-state index in [1.54, 1.807) is 9.80 Å². The highest BCUT2D eigenvalue weighted by molar-refractivity contribution is 6.28. The Labute approximate surface area is 272 Å². The van der Waals surface area contributed by atoms with Crippen LogP contribution in [0.25, 0.3) is 11.0 Å². The lowest BCUT2D eigenvalue weighted by Gasteiger charge is -2.31. The SMILES string of the molecule is Cc1cn([C@H]2CC[C@@H](CN(CCCN(CCc3ccccc3)C(=O)OC(C)(C)C)C(=O)OC(C)(C)C)C2)c2nc(Cl)nc(N)c12. The van der Waals surface area contributed by atoms with Gasteiger partial charge in [0.05, 0.1) is 5.39 Å². The molecule has 11 heteroatoms. The summed E-state index contributed by atoms with van der Waals surface area (Å²) in [6.07, 6.45) is 5.49. The Morgan fingerprint density at radius 2 is 1.58 bits per heavy atom. The molecule has 3 aromatic rings. The zero-order valence-electron chi connectivity index (χ0n) is 27.8. The Morgan fingerprint density at radius 1 is 0.956 bits per heavy atom. The number of hydrogen-bond donors (Lipinski definition) is 1. The summed E-state index contributed by atoms with van der Waals surface area (Å²) in [5, 5.41) is 0.967. The van der Waals surface area contributed by atoms with Crippen molar-refractivity contribution in [3.63, 3.8) is 0 Å². The molecule has 1 fully saturated rings. The van der Waals surface area contributed by atoms with Gasteiger partial charge >= 0.3 is 12.2 Å². The lowest BCUT2D eigenvalue weighted by atomic mass is 10.1. The van der Waals surface area contributed by atoms with Gasteiger partial charge < -0.3 is 29.6 Å². The summed E-state index contributed by atoms with van der Waals surface area (Å²) in [4.78, 5) is 38.7. The molecule has 0 saturated heterocycles. The maximum absolute atomic E-state index is 13.4. The molecule has 0 unspecified atom stereocenters. The van der Waals surface area contributed by atoms with Crippen LogP contribution in [-0.4, -0.2) is 73.9 Å². The van der Waals surface area contributed by atoms with Crippen LogP contribution >= 0.6 is 11.6 Å². The first-order valence-corrected chi connectivity index (χ1v) is 16.3. The van der Waals surface area contributed by atoms with Crippen LogP contribution in [0.5, 0.6) is 0 Å². The van der Waals surface area contributed by atoms with E-state index >= 15 is 0 Å². The van der Waals surface area contributed by atoms with Gasteiger partial charge in [-0.1, -0.05) is 30.3 Å². The van der Waals surface area contributed by atoms with Gasteiger partial charge in [-0.3, -0.25) is 0 Å². The fraction of sp³-hybridized carbons (Fsp3) is 0.588. The summed E-state index contributed by atoms with van der Waals surface area (Å²) >= 11 is 6.16. The van der Waals surface area contributed by atoms with E-state index in [2.05, 4.69) is 32.9 Å². The smallest absolute Gasteiger partial charge is 0.410 e. The minimum Gasteiger partial charge on any atom is -0.444 e. The maximum Gasteiger partial charge on any atom is 0.410 e. The molecule has 246 valence electrons. The predicted octanol–water partition coefficient (Wildman–Crippen LogP) is 7.42. The first kappa shape index (κ1) is 34.3. The van der Waals surface area contributed by atoms with Gasteiger partial charge in [0.15, 0.2) is 0 Å². The van der Waals surface area contributed by atoms with Crippen LogP contribution in [0.3, 0.4) is 0 Å². The summed E-state index contributed by atoms with van der Waals surface area (Å²) in [5.74, 6) is 0.658. The topological polar surface area (TPSA) is 116 Å². The predicted molar refractivity (Wildman–Crippen MR) is 178 cm³/mol.